The van der Waals surface area contributed by atoms with Gasteiger partial charge in [-0.15, -0.1) is 5.92 Å². The summed E-state index contributed by atoms with van der Waals surface area (Å²) in [6.45, 7) is 2.34. The van der Waals surface area contributed by atoms with E-state index in [1.807, 2.05) is 0 Å². The quantitative estimate of drug-likeness (QED) is 0.416. The average molecular weight is 372 g/mol. The van der Waals surface area contributed by atoms with Crippen LogP contribution in [0.3, 0.4) is 0 Å². The fourth-order valence-electron chi connectivity index (χ4n) is 1.37. The summed E-state index contributed by atoms with van der Waals surface area (Å²) in [4.78, 5) is 17.9. The van der Waals surface area contributed by atoms with Crippen LogP contribution >= 0.6 is 15.4 Å². The molecule has 0 spiro atoms. The number of phosphoric ester groups is 1. The van der Waals surface area contributed by atoms with E-state index in [2.05, 4.69) is 8.83 Å². The molecule has 0 aromatic rings. The van der Waals surface area contributed by atoms with Gasteiger partial charge in [-0.2, -0.15) is 0 Å². The molecule has 1 aliphatic rings. The van der Waals surface area contributed by atoms with Gasteiger partial charge in [-0.05, 0) is 0 Å². The van der Waals surface area contributed by atoms with Crippen molar-refractivity contribution in [3.05, 3.63) is 6.42 Å². The molecule has 18 heavy (non-hydrogen) atoms. The Bertz CT molecular complexity index is 362. The van der Waals surface area contributed by atoms with Gasteiger partial charge in [0.05, 0.1) is 20.6 Å². The molecule has 0 aliphatic carbocycles. The summed E-state index contributed by atoms with van der Waals surface area (Å²) in [5.74, 6) is -0.0486. The Morgan fingerprint density at radius 3 is 2.39 bits per heavy atom. The van der Waals surface area contributed by atoms with Crippen molar-refractivity contribution in [1.82, 2.24) is 0 Å². The van der Waals surface area contributed by atoms with E-state index in [4.69, 9.17) is 22.4 Å². The molecule has 11 heteroatoms. The van der Waals surface area contributed by atoms with Gasteiger partial charge < -0.3 is 20.9 Å². The van der Waals surface area contributed by atoms with E-state index in [1.165, 1.54) is 0 Å². The van der Waals surface area contributed by atoms with Crippen LogP contribution in [0.15, 0.2) is 0 Å². The molecule has 101 valence electrons. The van der Waals surface area contributed by atoms with Gasteiger partial charge in [-0.1, -0.05) is 12.9 Å². The van der Waals surface area contributed by atoms with E-state index in [9.17, 15) is 9.13 Å². The Labute approximate surface area is 132 Å². The standard InChI is InChI=1S/C7H14BO7P2.Y/c1-5-3-7(8)14-6(5)4-13-17(11,12)15-16(2,9)10;/h3,5-7H,4H2,1-2H3,(H,9,10)(H,11,12);/q-1;/t5?,6-,7-;/m1./s1. The first-order valence-corrected chi connectivity index (χ1v) is 8.36. The molecule has 0 saturated carbocycles. The Kier molecular flexibility index (Phi) is 8.03. The molecule has 2 N–H and O–H groups in total. The van der Waals surface area contributed by atoms with E-state index in [0.717, 1.165) is 6.66 Å². The number of hydrogen-bond donors (Lipinski definition) is 2. The zero-order valence-electron chi connectivity index (χ0n) is 10.0. The molecule has 0 bridgehead atoms. The van der Waals surface area contributed by atoms with Crippen LogP contribution in [0, 0.1) is 12.3 Å². The SMILES string of the molecule is [B][C@H]1[CH-]C(C)[C@@H](COP(=O)(O)OP(C)(=O)O)O1.[Y]. The molecule has 1 aliphatic heterocycles. The average Bonchev–Trinajstić information content (AvgIpc) is 2.37. The van der Waals surface area contributed by atoms with Gasteiger partial charge in [0.2, 0.25) is 0 Å². The van der Waals surface area contributed by atoms with E-state index in [1.54, 1.807) is 13.3 Å². The van der Waals surface area contributed by atoms with Gasteiger partial charge >= 0.3 is 15.4 Å². The molecule has 0 aromatic carbocycles. The summed E-state index contributed by atoms with van der Waals surface area (Å²) in [6, 6.07) is -0.548. The molecule has 1 fully saturated rings. The Morgan fingerprint density at radius 2 is 2.00 bits per heavy atom. The van der Waals surface area contributed by atoms with E-state index >= 15 is 0 Å². The van der Waals surface area contributed by atoms with Crippen molar-refractivity contribution in [2.24, 2.45) is 5.92 Å². The third-order valence-electron chi connectivity index (χ3n) is 2.07. The third kappa shape index (κ3) is 7.27. The molecule has 3 unspecified atom stereocenters. The normalized spacial score (nSPS) is 34.3. The van der Waals surface area contributed by atoms with Crippen LogP contribution in [-0.2, 0) is 55.4 Å². The molecule has 0 aromatic heterocycles. The van der Waals surface area contributed by atoms with Crippen LogP contribution < -0.4 is 0 Å². The fourth-order valence-corrected chi connectivity index (χ4v) is 3.42. The molecule has 7 nitrogen and oxygen atoms in total. The van der Waals surface area contributed by atoms with Crippen molar-refractivity contribution in [3.63, 3.8) is 0 Å². The minimum absolute atomic E-state index is 0. The molecule has 1 heterocycles. The molecule has 1 saturated heterocycles. The van der Waals surface area contributed by atoms with Crippen molar-refractivity contribution in [1.29, 1.82) is 0 Å². The second-order valence-corrected chi connectivity index (χ2v) is 7.29. The third-order valence-corrected chi connectivity index (χ3v) is 4.58. The van der Waals surface area contributed by atoms with E-state index in [0.29, 0.717) is 0 Å². The Morgan fingerprint density at radius 1 is 1.44 bits per heavy atom. The Hall–Kier alpha value is 1.43. The summed E-state index contributed by atoms with van der Waals surface area (Å²) >= 11 is 0. The van der Waals surface area contributed by atoms with Gasteiger partial charge in [0.1, 0.15) is 0 Å². The molecule has 3 radical (unpaired) electrons. The number of rotatable bonds is 5. The van der Waals surface area contributed by atoms with Crippen LogP contribution in [0.1, 0.15) is 6.92 Å². The summed E-state index contributed by atoms with van der Waals surface area (Å²) in [5, 5.41) is 0. The van der Waals surface area contributed by atoms with E-state index < -0.39 is 27.5 Å². The first-order chi connectivity index (χ1) is 7.59. The zero-order chi connectivity index (χ0) is 13.3. The van der Waals surface area contributed by atoms with Crippen molar-refractivity contribution in [3.8, 4) is 0 Å². The van der Waals surface area contributed by atoms with Gasteiger partial charge in [-0.25, -0.2) is 8.88 Å². The van der Waals surface area contributed by atoms with Gasteiger partial charge in [0.25, 0.3) is 0 Å². The van der Waals surface area contributed by atoms with Crippen LogP contribution in [0.2, 0.25) is 0 Å². The summed E-state index contributed by atoms with van der Waals surface area (Å²) in [6.07, 6.45) is 1.23. The first kappa shape index (κ1) is 19.4. The number of hydrogen-bond acceptors (Lipinski definition) is 5. The minimum atomic E-state index is -4.56. The molecule has 0 amide bonds. The summed E-state index contributed by atoms with van der Waals surface area (Å²) in [7, 11) is -3.17. The maximum Gasteiger partial charge on any atom is 0.479 e. The molecule has 5 atom stereocenters. The first-order valence-electron chi connectivity index (χ1n) is 4.84. The zero-order valence-corrected chi connectivity index (χ0v) is 14.6. The van der Waals surface area contributed by atoms with Gasteiger partial charge in [0, 0.05) is 39.4 Å². The second kappa shape index (κ2) is 7.44. The Balaban J connectivity index is 0.00000289. The summed E-state index contributed by atoms with van der Waals surface area (Å²) < 4.78 is 35.9. The monoisotopic (exact) mass is 372 g/mol. The van der Waals surface area contributed by atoms with Gasteiger partial charge in [0.15, 0.2) is 0 Å². The number of phosphoric acid groups is 1. The predicted molar refractivity (Wildman–Crippen MR) is 60.5 cm³/mol. The summed E-state index contributed by atoms with van der Waals surface area (Å²) in [5.41, 5.74) is 0. The fraction of sp³-hybridized carbons (Fsp3) is 0.857. The van der Waals surface area contributed by atoms with Crippen LogP contribution in [0.25, 0.3) is 0 Å². The van der Waals surface area contributed by atoms with Crippen molar-refractivity contribution in [2.75, 3.05) is 13.3 Å². The van der Waals surface area contributed by atoms with Crippen molar-refractivity contribution >= 4 is 23.3 Å². The molecular weight excluding hydrogens is 358 g/mol. The second-order valence-electron chi connectivity index (χ2n) is 3.84. The van der Waals surface area contributed by atoms with Crippen LogP contribution in [0.5, 0.6) is 0 Å². The molecule has 1 rings (SSSR count). The number of ether oxygens (including phenoxy) is 1. The van der Waals surface area contributed by atoms with Crippen LogP contribution in [0.4, 0.5) is 0 Å². The van der Waals surface area contributed by atoms with Gasteiger partial charge in [-0.3, -0.25) is 9.09 Å². The topological polar surface area (TPSA) is 102 Å². The smallest absolute Gasteiger partial charge is 0.415 e. The maximum absolute atomic E-state index is 11.3. The van der Waals surface area contributed by atoms with Crippen molar-refractivity contribution in [2.45, 2.75) is 19.0 Å². The van der Waals surface area contributed by atoms with Crippen LogP contribution in [-0.4, -0.2) is 43.0 Å². The minimum Gasteiger partial charge on any atom is -0.415 e. The largest absolute Gasteiger partial charge is 0.479 e. The predicted octanol–water partition coefficient (Wildman–Crippen LogP) is 0.666. The molecular formula is C7H14BO7P2Y-. The van der Waals surface area contributed by atoms with Crippen molar-refractivity contribution < 1.29 is 65.2 Å². The maximum atomic E-state index is 11.3. The van der Waals surface area contributed by atoms with E-state index in [-0.39, 0.29) is 45.2 Å².